The van der Waals surface area contributed by atoms with Gasteiger partial charge in [0.1, 0.15) is 12.6 Å². The van der Waals surface area contributed by atoms with Crippen LogP contribution in [0.2, 0.25) is 0 Å². The molecule has 0 heterocycles. The molecule has 214 valence electrons. The Morgan fingerprint density at radius 2 is 1.40 bits per heavy atom. The SMILES string of the molecule is CCCNC(=O)[C@@H](Cc1ccccc1)N(Cc1ccccc1)C(=O)CN(c1ccc(C(C)(C)C)cc1)S(C)(=O)=O. The number of anilines is 1. The fraction of sp³-hybridized carbons (Fsp3) is 0.375. The second kappa shape index (κ2) is 13.6. The summed E-state index contributed by atoms with van der Waals surface area (Å²) in [6.45, 7) is 8.43. The molecule has 0 aromatic heterocycles. The summed E-state index contributed by atoms with van der Waals surface area (Å²) in [5, 5.41) is 2.94. The normalized spacial score (nSPS) is 12.4. The largest absolute Gasteiger partial charge is 0.354 e. The van der Waals surface area contributed by atoms with Gasteiger partial charge >= 0.3 is 0 Å². The third-order valence-electron chi connectivity index (χ3n) is 6.72. The van der Waals surface area contributed by atoms with Crippen LogP contribution in [0.3, 0.4) is 0 Å². The smallest absolute Gasteiger partial charge is 0.244 e. The lowest BCUT2D eigenvalue weighted by Crippen LogP contribution is -2.53. The molecule has 0 aliphatic rings. The van der Waals surface area contributed by atoms with Gasteiger partial charge in [-0.25, -0.2) is 8.42 Å². The van der Waals surface area contributed by atoms with Crippen LogP contribution in [-0.2, 0) is 38.0 Å². The van der Waals surface area contributed by atoms with Crippen LogP contribution in [0, 0.1) is 0 Å². The lowest BCUT2D eigenvalue weighted by Gasteiger charge is -2.33. The average molecular weight is 564 g/mol. The summed E-state index contributed by atoms with van der Waals surface area (Å²) in [6.07, 6.45) is 2.14. The van der Waals surface area contributed by atoms with E-state index in [0.717, 1.165) is 33.7 Å². The third-order valence-corrected chi connectivity index (χ3v) is 7.86. The molecular formula is C32H41N3O4S. The number of carbonyl (C=O) groups excluding carboxylic acids is 2. The standard InChI is InChI=1S/C32H41N3O4S/c1-6-21-33-31(37)29(22-25-13-9-7-10-14-25)34(23-26-15-11-8-12-16-26)30(36)24-35(40(5,38)39)28-19-17-27(18-20-28)32(2,3)4/h7-20,29H,6,21-24H2,1-5H3,(H,33,37)/t29-/m1/s1. The van der Waals surface area contributed by atoms with Crippen LogP contribution in [0.15, 0.2) is 84.9 Å². The van der Waals surface area contributed by atoms with E-state index in [9.17, 15) is 18.0 Å². The van der Waals surface area contributed by atoms with Crippen LogP contribution in [0.1, 0.15) is 50.8 Å². The van der Waals surface area contributed by atoms with Crippen molar-refractivity contribution in [3.05, 3.63) is 102 Å². The number of hydrogen-bond donors (Lipinski definition) is 1. The molecule has 1 N–H and O–H groups in total. The first-order valence-corrected chi connectivity index (χ1v) is 15.5. The van der Waals surface area contributed by atoms with E-state index >= 15 is 0 Å². The Bertz CT molecular complexity index is 1350. The van der Waals surface area contributed by atoms with Crippen molar-refractivity contribution in [3.8, 4) is 0 Å². The van der Waals surface area contributed by atoms with E-state index in [1.54, 1.807) is 12.1 Å². The zero-order chi connectivity index (χ0) is 29.3. The molecule has 0 saturated heterocycles. The first-order chi connectivity index (χ1) is 18.9. The summed E-state index contributed by atoms with van der Waals surface area (Å²) in [5.74, 6) is -0.725. The second-order valence-corrected chi connectivity index (χ2v) is 13.0. The van der Waals surface area contributed by atoms with Crippen molar-refractivity contribution in [1.82, 2.24) is 10.2 Å². The maximum atomic E-state index is 14.1. The monoisotopic (exact) mass is 563 g/mol. The molecule has 8 heteroatoms. The zero-order valence-electron chi connectivity index (χ0n) is 24.1. The van der Waals surface area contributed by atoms with Gasteiger partial charge in [0.2, 0.25) is 21.8 Å². The number of amides is 2. The third kappa shape index (κ3) is 8.68. The van der Waals surface area contributed by atoms with Gasteiger partial charge in [0.05, 0.1) is 11.9 Å². The number of benzene rings is 3. The number of nitrogens with zero attached hydrogens (tertiary/aromatic N) is 2. The minimum Gasteiger partial charge on any atom is -0.354 e. The van der Waals surface area contributed by atoms with Crippen LogP contribution < -0.4 is 9.62 Å². The molecule has 0 radical (unpaired) electrons. The van der Waals surface area contributed by atoms with E-state index in [0.29, 0.717) is 18.7 Å². The fourth-order valence-corrected chi connectivity index (χ4v) is 5.29. The molecule has 0 fully saturated rings. The van der Waals surface area contributed by atoms with Crippen molar-refractivity contribution >= 4 is 27.5 Å². The Balaban J connectivity index is 2.01. The van der Waals surface area contributed by atoms with E-state index in [-0.39, 0.29) is 17.9 Å². The predicted molar refractivity (Wildman–Crippen MR) is 162 cm³/mol. The number of sulfonamides is 1. The van der Waals surface area contributed by atoms with Crippen LogP contribution >= 0.6 is 0 Å². The molecule has 40 heavy (non-hydrogen) atoms. The Morgan fingerprint density at radius 1 is 0.850 bits per heavy atom. The summed E-state index contributed by atoms with van der Waals surface area (Å²) in [4.78, 5) is 29.1. The zero-order valence-corrected chi connectivity index (χ0v) is 24.9. The highest BCUT2D eigenvalue weighted by Crippen LogP contribution is 2.26. The topological polar surface area (TPSA) is 86.8 Å². The first kappa shape index (κ1) is 30.9. The van der Waals surface area contributed by atoms with Crippen molar-refractivity contribution in [2.45, 2.75) is 58.5 Å². The average Bonchev–Trinajstić information content (AvgIpc) is 2.92. The molecule has 0 bridgehead atoms. The van der Waals surface area contributed by atoms with Gasteiger partial charge in [0.25, 0.3) is 0 Å². The van der Waals surface area contributed by atoms with Gasteiger partial charge in [-0.2, -0.15) is 0 Å². The summed E-state index contributed by atoms with van der Waals surface area (Å²) >= 11 is 0. The lowest BCUT2D eigenvalue weighted by molar-refractivity contribution is -0.140. The highest BCUT2D eigenvalue weighted by molar-refractivity contribution is 7.92. The first-order valence-electron chi connectivity index (χ1n) is 13.6. The maximum Gasteiger partial charge on any atom is 0.244 e. The fourth-order valence-electron chi connectivity index (χ4n) is 4.44. The van der Waals surface area contributed by atoms with Crippen LogP contribution in [0.25, 0.3) is 0 Å². The summed E-state index contributed by atoms with van der Waals surface area (Å²) < 4.78 is 27.0. The Hall–Kier alpha value is -3.65. The van der Waals surface area contributed by atoms with Crippen molar-refractivity contribution in [3.63, 3.8) is 0 Å². The molecule has 1 atom stereocenters. The number of nitrogens with one attached hydrogen (secondary N) is 1. The van der Waals surface area contributed by atoms with Crippen LogP contribution in [0.4, 0.5) is 5.69 Å². The molecule has 0 unspecified atom stereocenters. The van der Waals surface area contributed by atoms with Crippen LogP contribution in [0.5, 0.6) is 0 Å². The molecule has 3 rings (SSSR count). The molecule has 3 aromatic carbocycles. The summed E-state index contributed by atoms with van der Waals surface area (Å²) in [7, 11) is -3.80. The van der Waals surface area contributed by atoms with E-state index < -0.39 is 28.5 Å². The van der Waals surface area contributed by atoms with Gasteiger partial charge in [-0.15, -0.1) is 0 Å². The van der Waals surface area contributed by atoms with E-state index in [4.69, 9.17) is 0 Å². The molecular weight excluding hydrogens is 522 g/mol. The molecule has 0 saturated carbocycles. The molecule has 0 aliphatic heterocycles. The van der Waals surface area contributed by atoms with Gasteiger partial charge in [-0.1, -0.05) is 100 Å². The molecule has 2 amide bonds. The van der Waals surface area contributed by atoms with Crippen LogP contribution in [-0.4, -0.2) is 50.5 Å². The van der Waals surface area contributed by atoms with Crippen molar-refractivity contribution in [1.29, 1.82) is 0 Å². The Morgan fingerprint density at radius 3 is 1.90 bits per heavy atom. The van der Waals surface area contributed by atoms with Gasteiger partial charge in [0.15, 0.2) is 0 Å². The molecule has 0 spiro atoms. The summed E-state index contributed by atoms with van der Waals surface area (Å²) in [5.41, 5.74) is 3.10. The van der Waals surface area contributed by atoms with E-state index in [2.05, 4.69) is 26.1 Å². The highest BCUT2D eigenvalue weighted by atomic mass is 32.2. The Kier molecular flexibility index (Phi) is 10.5. The second-order valence-electron chi connectivity index (χ2n) is 11.1. The molecule has 3 aromatic rings. The Labute approximate surface area is 239 Å². The highest BCUT2D eigenvalue weighted by Gasteiger charge is 2.33. The maximum absolute atomic E-state index is 14.1. The minimum atomic E-state index is -3.80. The number of hydrogen-bond acceptors (Lipinski definition) is 4. The van der Waals surface area contributed by atoms with Crippen molar-refractivity contribution in [2.75, 3.05) is 23.7 Å². The molecule has 0 aliphatic carbocycles. The van der Waals surface area contributed by atoms with Gasteiger partial charge < -0.3 is 10.2 Å². The van der Waals surface area contributed by atoms with E-state index in [1.807, 2.05) is 79.7 Å². The number of rotatable bonds is 12. The number of carbonyl (C=O) groups is 2. The predicted octanol–water partition coefficient (Wildman–Crippen LogP) is 4.92. The minimum absolute atomic E-state index is 0.104. The molecule has 7 nitrogen and oxygen atoms in total. The van der Waals surface area contributed by atoms with Crippen molar-refractivity contribution in [2.24, 2.45) is 0 Å². The van der Waals surface area contributed by atoms with Crippen molar-refractivity contribution < 1.29 is 18.0 Å². The van der Waals surface area contributed by atoms with Gasteiger partial charge in [0, 0.05) is 19.5 Å². The summed E-state index contributed by atoms with van der Waals surface area (Å²) in [6, 6.07) is 25.4. The lowest BCUT2D eigenvalue weighted by atomic mass is 9.87. The van der Waals surface area contributed by atoms with Gasteiger partial charge in [-0.3, -0.25) is 13.9 Å². The quantitative estimate of drug-likeness (QED) is 0.339. The van der Waals surface area contributed by atoms with E-state index in [1.165, 1.54) is 4.90 Å². The van der Waals surface area contributed by atoms with Gasteiger partial charge in [-0.05, 0) is 40.7 Å².